The van der Waals surface area contributed by atoms with Crippen LogP contribution in [0.3, 0.4) is 0 Å². The van der Waals surface area contributed by atoms with Crippen LogP contribution >= 0.6 is 0 Å². The van der Waals surface area contributed by atoms with Crippen molar-refractivity contribution in [1.82, 2.24) is 14.9 Å². The van der Waals surface area contributed by atoms with E-state index in [2.05, 4.69) is 15.3 Å². The zero-order valence-corrected chi connectivity index (χ0v) is 16.7. The molecule has 3 heterocycles. The average Bonchev–Trinajstić information content (AvgIpc) is 2.75. The molecule has 0 aliphatic carbocycles. The number of carbonyl (C=O) groups excluding carboxylic acids is 1. The minimum absolute atomic E-state index is 0.00159. The zero-order chi connectivity index (χ0) is 22.6. The molecule has 1 aliphatic heterocycles. The third-order valence-electron chi connectivity index (χ3n) is 4.73. The molecule has 3 N–H and O–H groups in total. The number of fused-ring (bicyclic) bond motifs is 1. The molecule has 0 spiro atoms. The summed E-state index contributed by atoms with van der Waals surface area (Å²) in [5.74, 6) is -0.224. The maximum atomic E-state index is 12.6. The lowest BCUT2D eigenvalue weighted by Crippen LogP contribution is -2.36. The topological polar surface area (TPSA) is 93.4 Å². The average molecular weight is 439 g/mol. The molecular formula is C20H21F4N5O2. The van der Waals surface area contributed by atoms with E-state index in [1.165, 1.54) is 11.0 Å². The van der Waals surface area contributed by atoms with Crippen molar-refractivity contribution in [3.05, 3.63) is 58.8 Å². The Labute approximate surface area is 175 Å². The fourth-order valence-electron chi connectivity index (χ4n) is 3.00. The number of hydrogen-bond acceptors (Lipinski definition) is 6. The molecular weight excluding hydrogens is 418 g/mol. The minimum atomic E-state index is -4.52. The second-order valence-corrected chi connectivity index (χ2v) is 7.00. The molecule has 0 saturated heterocycles. The van der Waals surface area contributed by atoms with Crippen LogP contribution in [0.25, 0.3) is 0 Å². The molecule has 0 atom stereocenters. The van der Waals surface area contributed by atoms with Gasteiger partial charge in [0.1, 0.15) is 12.3 Å². The van der Waals surface area contributed by atoms with E-state index in [0.29, 0.717) is 42.5 Å². The van der Waals surface area contributed by atoms with Crippen LogP contribution in [-0.2, 0) is 23.9 Å². The monoisotopic (exact) mass is 439 g/mol. The molecule has 2 aromatic rings. The van der Waals surface area contributed by atoms with Gasteiger partial charge in [-0.1, -0.05) is 0 Å². The first-order valence-corrected chi connectivity index (χ1v) is 9.37. The third kappa shape index (κ3) is 5.62. The smallest absolute Gasteiger partial charge is 0.433 e. The van der Waals surface area contributed by atoms with Crippen LogP contribution in [0.5, 0.6) is 5.88 Å². The molecule has 11 heteroatoms. The summed E-state index contributed by atoms with van der Waals surface area (Å²) in [5.41, 5.74) is 7.80. The van der Waals surface area contributed by atoms with Gasteiger partial charge in [0.15, 0.2) is 6.67 Å². The number of halogens is 4. The number of nitrogens with two attached hydrogens (primary N) is 1. The number of nitrogens with zero attached hydrogens (tertiary/aromatic N) is 3. The third-order valence-corrected chi connectivity index (χ3v) is 4.73. The van der Waals surface area contributed by atoms with Gasteiger partial charge in [-0.2, -0.15) is 13.2 Å². The second kappa shape index (κ2) is 9.19. The number of hydrogen-bond donors (Lipinski definition) is 2. The molecule has 0 bridgehead atoms. The highest BCUT2D eigenvalue weighted by molar-refractivity contribution is 5.77. The first-order chi connectivity index (χ1) is 14.7. The molecule has 0 radical (unpaired) electrons. The minimum Gasteiger partial charge on any atom is -0.471 e. The molecule has 1 aliphatic rings. The quantitative estimate of drug-likeness (QED) is 0.673. The zero-order valence-electron chi connectivity index (χ0n) is 16.7. The number of allylic oxidation sites excluding steroid dienone is 1. The fraction of sp³-hybridized carbons (Fsp3) is 0.350. The van der Waals surface area contributed by atoms with Crippen molar-refractivity contribution in [2.75, 3.05) is 25.1 Å². The predicted octanol–water partition coefficient (Wildman–Crippen LogP) is 3.03. The molecule has 2 aromatic heterocycles. The van der Waals surface area contributed by atoms with Gasteiger partial charge in [0.05, 0.1) is 17.6 Å². The van der Waals surface area contributed by atoms with Crippen LogP contribution in [0.15, 0.2) is 42.0 Å². The lowest BCUT2D eigenvalue weighted by molar-refractivity contribution is -0.141. The first-order valence-electron chi connectivity index (χ1n) is 9.37. The summed E-state index contributed by atoms with van der Waals surface area (Å²) in [4.78, 5) is 20.6. The number of anilines is 1. The van der Waals surface area contributed by atoms with Crippen LogP contribution < -0.4 is 15.8 Å². The van der Waals surface area contributed by atoms with E-state index in [1.807, 2.05) is 0 Å². The van der Waals surface area contributed by atoms with Crippen molar-refractivity contribution in [2.24, 2.45) is 5.73 Å². The van der Waals surface area contributed by atoms with Crippen LogP contribution in [0.1, 0.15) is 23.7 Å². The Bertz CT molecular complexity index is 973. The summed E-state index contributed by atoms with van der Waals surface area (Å²) < 4.78 is 56.2. The van der Waals surface area contributed by atoms with Gasteiger partial charge in [0, 0.05) is 31.0 Å². The van der Waals surface area contributed by atoms with Gasteiger partial charge in [-0.15, -0.1) is 0 Å². The van der Waals surface area contributed by atoms with Crippen molar-refractivity contribution in [3.8, 4) is 5.88 Å². The van der Waals surface area contributed by atoms with Crippen molar-refractivity contribution in [3.63, 3.8) is 0 Å². The maximum absolute atomic E-state index is 12.6. The molecule has 7 nitrogen and oxygen atoms in total. The number of carbonyl (C=O) groups is 1. The Morgan fingerprint density at radius 2 is 2.03 bits per heavy atom. The number of amides is 1. The number of pyridine rings is 2. The lowest BCUT2D eigenvalue weighted by Gasteiger charge is -2.28. The lowest BCUT2D eigenvalue weighted by atomic mass is 10.0. The van der Waals surface area contributed by atoms with Gasteiger partial charge in [-0.25, -0.2) is 14.4 Å². The van der Waals surface area contributed by atoms with Crippen molar-refractivity contribution >= 4 is 11.6 Å². The van der Waals surface area contributed by atoms with Crippen molar-refractivity contribution in [2.45, 2.75) is 26.1 Å². The number of aromatic nitrogens is 2. The summed E-state index contributed by atoms with van der Waals surface area (Å²) in [5, 5.41) is 2.91. The van der Waals surface area contributed by atoms with E-state index in [1.54, 1.807) is 19.2 Å². The molecule has 0 fully saturated rings. The van der Waals surface area contributed by atoms with Crippen LogP contribution in [0.2, 0.25) is 0 Å². The van der Waals surface area contributed by atoms with Gasteiger partial charge in [-0.05, 0) is 36.6 Å². The SMILES string of the molecule is C/C(N)=C(\COc1cc2c(cn1)CN(C(=O)CF)CC2)Nc1ccc(C(F)(F)F)nc1. The Kier molecular flexibility index (Phi) is 6.62. The van der Waals surface area contributed by atoms with Gasteiger partial charge in [-0.3, -0.25) is 4.79 Å². The molecule has 166 valence electrons. The van der Waals surface area contributed by atoms with E-state index >= 15 is 0 Å². The summed E-state index contributed by atoms with van der Waals surface area (Å²) in [7, 11) is 0. The maximum Gasteiger partial charge on any atom is 0.433 e. The van der Waals surface area contributed by atoms with Crippen LogP contribution in [-0.4, -0.2) is 40.6 Å². The number of ether oxygens (including phenoxy) is 1. The predicted molar refractivity (Wildman–Crippen MR) is 105 cm³/mol. The second-order valence-electron chi connectivity index (χ2n) is 7.00. The Hall–Kier alpha value is -3.37. The van der Waals surface area contributed by atoms with E-state index in [0.717, 1.165) is 23.4 Å². The van der Waals surface area contributed by atoms with Crippen LogP contribution in [0.4, 0.5) is 23.2 Å². The fourth-order valence-corrected chi connectivity index (χ4v) is 3.00. The highest BCUT2D eigenvalue weighted by Crippen LogP contribution is 2.28. The molecule has 0 unspecified atom stereocenters. The molecule has 31 heavy (non-hydrogen) atoms. The molecule has 3 rings (SSSR count). The van der Waals surface area contributed by atoms with Gasteiger partial charge in [0.25, 0.3) is 5.91 Å². The largest absolute Gasteiger partial charge is 0.471 e. The molecule has 0 saturated carbocycles. The number of alkyl halides is 4. The number of nitrogens with one attached hydrogen (secondary N) is 1. The molecule has 1 amide bonds. The summed E-state index contributed by atoms with van der Waals surface area (Å²) in [6.45, 7) is 1.30. The number of rotatable bonds is 6. The van der Waals surface area contributed by atoms with E-state index in [4.69, 9.17) is 10.5 Å². The summed E-state index contributed by atoms with van der Waals surface area (Å²) in [6.07, 6.45) is -1.33. The van der Waals surface area contributed by atoms with Crippen LogP contribution in [0, 0.1) is 0 Å². The summed E-state index contributed by atoms with van der Waals surface area (Å²) in [6, 6.07) is 3.87. The van der Waals surface area contributed by atoms with E-state index < -0.39 is 24.5 Å². The highest BCUT2D eigenvalue weighted by Gasteiger charge is 2.32. The Morgan fingerprint density at radius 3 is 2.65 bits per heavy atom. The van der Waals surface area contributed by atoms with Crippen molar-refractivity contribution < 1.29 is 27.1 Å². The van der Waals surface area contributed by atoms with Gasteiger partial charge < -0.3 is 20.7 Å². The van der Waals surface area contributed by atoms with Crippen molar-refractivity contribution in [1.29, 1.82) is 0 Å². The Morgan fingerprint density at radius 1 is 1.26 bits per heavy atom. The normalized spacial score (nSPS) is 14.5. The van der Waals surface area contributed by atoms with Gasteiger partial charge in [0.2, 0.25) is 5.88 Å². The molecule has 0 aromatic carbocycles. The van der Waals surface area contributed by atoms with E-state index in [9.17, 15) is 22.4 Å². The summed E-state index contributed by atoms with van der Waals surface area (Å²) >= 11 is 0. The van der Waals surface area contributed by atoms with E-state index in [-0.39, 0.29) is 6.61 Å². The standard InChI is InChI=1S/C20H21F4N5O2/c1-12(25)16(28-15-2-3-17(26-9-15)20(22,23)24)11-31-18-6-13-4-5-29(19(30)7-21)10-14(13)8-27-18/h2-3,6,8-9,28H,4-5,7,10-11,25H2,1H3/b16-12-. The first kappa shape index (κ1) is 22.3. The van der Waals surface area contributed by atoms with Gasteiger partial charge >= 0.3 is 6.18 Å². The Balaban J connectivity index is 1.64. The highest BCUT2D eigenvalue weighted by atomic mass is 19.4.